The first-order chi connectivity index (χ1) is 9.93. The van der Waals surface area contributed by atoms with E-state index in [0.29, 0.717) is 11.7 Å². The molecule has 0 amide bonds. The summed E-state index contributed by atoms with van der Waals surface area (Å²) in [5.41, 5.74) is 8.27. The molecule has 0 saturated carbocycles. The minimum absolute atomic E-state index is 0.206. The maximum absolute atomic E-state index is 11.4. The highest BCUT2D eigenvalue weighted by atomic mass is 16.4. The van der Waals surface area contributed by atoms with Gasteiger partial charge in [0.25, 0.3) is 0 Å². The highest BCUT2D eigenvalue weighted by Gasteiger charge is 2.24. The number of hydrogen-bond donors (Lipinski definition) is 2. The van der Waals surface area contributed by atoms with Crippen molar-refractivity contribution in [3.63, 3.8) is 0 Å². The summed E-state index contributed by atoms with van der Waals surface area (Å²) in [6.45, 7) is 7.08. The number of carboxylic acid groups (broad SMARTS) is 1. The van der Waals surface area contributed by atoms with Crippen molar-refractivity contribution in [2.75, 3.05) is 37.3 Å². The number of carboxylic acids is 1. The highest BCUT2D eigenvalue weighted by Crippen LogP contribution is 2.28. The van der Waals surface area contributed by atoms with Gasteiger partial charge < -0.3 is 20.6 Å². The Hall–Kier alpha value is -1.75. The van der Waals surface area contributed by atoms with E-state index in [0.717, 1.165) is 43.7 Å². The van der Waals surface area contributed by atoms with Crippen LogP contribution in [0.25, 0.3) is 0 Å². The van der Waals surface area contributed by atoms with Gasteiger partial charge in [0.2, 0.25) is 0 Å². The topological polar surface area (TPSA) is 69.8 Å². The van der Waals surface area contributed by atoms with Crippen molar-refractivity contribution < 1.29 is 9.90 Å². The molecule has 3 N–H and O–H groups in total. The van der Waals surface area contributed by atoms with Gasteiger partial charge in [0.1, 0.15) is 0 Å². The third-order valence-corrected chi connectivity index (χ3v) is 4.31. The molecule has 1 heterocycles. The second-order valence-corrected chi connectivity index (χ2v) is 5.90. The van der Waals surface area contributed by atoms with Crippen LogP contribution in [0.1, 0.15) is 35.7 Å². The molecule has 21 heavy (non-hydrogen) atoms. The summed E-state index contributed by atoms with van der Waals surface area (Å²) >= 11 is 0. The first-order valence-electron chi connectivity index (χ1n) is 7.52. The Labute approximate surface area is 126 Å². The molecule has 1 unspecified atom stereocenters. The van der Waals surface area contributed by atoms with Crippen molar-refractivity contribution in [2.45, 2.75) is 32.7 Å². The molecule has 0 spiro atoms. The average molecular weight is 291 g/mol. The van der Waals surface area contributed by atoms with Gasteiger partial charge in [-0.25, -0.2) is 4.79 Å². The van der Waals surface area contributed by atoms with E-state index in [1.54, 1.807) is 6.07 Å². The van der Waals surface area contributed by atoms with Crippen LogP contribution in [0, 0.1) is 6.92 Å². The lowest BCUT2D eigenvalue weighted by Gasteiger charge is -2.33. The van der Waals surface area contributed by atoms with E-state index in [-0.39, 0.29) is 5.56 Å². The van der Waals surface area contributed by atoms with Crippen LogP contribution in [0.15, 0.2) is 12.1 Å². The molecule has 5 nitrogen and oxygen atoms in total. The number of nitrogens with two attached hydrogens (primary N) is 1. The summed E-state index contributed by atoms with van der Waals surface area (Å²) in [6, 6.07) is 4.14. The van der Waals surface area contributed by atoms with Crippen LogP contribution >= 0.6 is 0 Å². The molecule has 1 fully saturated rings. The average Bonchev–Trinajstić information content (AvgIpc) is 2.62. The van der Waals surface area contributed by atoms with E-state index in [2.05, 4.69) is 23.8 Å². The third kappa shape index (κ3) is 3.29. The molecule has 0 radical (unpaired) electrons. The number of nitrogen functional groups attached to an aromatic ring is 1. The van der Waals surface area contributed by atoms with Crippen LogP contribution in [0.3, 0.4) is 0 Å². The molecule has 0 aromatic heterocycles. The van der Waals surface area contributed by atoms with Crippen molar-refractivity contribution in [3.05, 3.63) is 23.3 Å². The molecule has 5 heteroatoms. The van der Waals surface area contributed by atoms with Gasteiger partial charge in [-0.1, -0.05) is 6.92 Å². The number of carbonyl (C=O) groups is 1. The van der Waals surface area contributed by atoms with Gasteiger partial charge in [0.05, 0.1) is 5.56 Å². The van der Waals surface area contributed by atoms with Crippen molar-refractivity contribution in [1.29, 1.82) is 0 Å². The van der Waals surface area contributed by atoms with Gasteiger partial charge in [0, 0.05) is 30.5 Å². The van der Waals surface area contributed by atoms with Crippen LogP contribution in [0.5, 0.6) is 0 Å². The molecule has 0 bridgehead atoms. The standard InChI is InChI=1S/C16H25N3O2/c1-4-12-10-18(3)6-5-7-19(12)13-8-11(2)15(17)14(9-13)16(20)21/h8-9,12H,4-7,10,17H2,1-3H3,(H,20,21). The number of likely N-dealkylation sites (N-methyl/N-ethyl adjacent to an activating group) is 1. The maximum Gasteiger partial charge on any atom is 0.337 e. The van der Waals surface area contributed by atoms with Crippen LogP contribution in [-0.2, 0) is 0 Å². The first-order valence-corrected chi connectivity index (χ1v) is 7.52. The monoisotopic (exact) mass is 291 g/mol. The quantitative estimate of drug-likeness (QED) is 0.836. The molecule has 1 aliphatic heterocycles. The van der Waals surface area contributed by atoms with Crippen LogP contribution in [0.2, 0.25) is 0 Å². The lowest BCUT2D eigenvalue weighted by Crippen LogP contribution is -2.40. The van der Waals surface area contributed by atoms with Crippen LogP contribution < -0.4 is 10.6 Å². The predicted molar refractivity (Wildman–Crippen MR) is 86.1 cm³/mol. The zero-order valence-electron chi connectivity index (χ0n) is 13.1. The number of anilines is 2. The first kappa shape index (κ1) is 15.6. The van der Waals surface area contributed by atoms with E-state index in [4.69, 9.17) is 5.73 Å². The minimum Gasteiger partial charge on any atom is -0.478 e. The summed E-state index contributed by atoms with van der Waals surface area (Å²) < 4.78 is 0. The van der Waals surface area contributed by atoms with Crippen molar-refractivity contribution in [1.82, 2.24) is 4.90 Å². The summed E-state index contributed by atoms with van der Waals surface area (Å²) in [5, 5.41) is 9.33. The highest BCUT2D eigenvalue weighted by molar-refractivity contribution is 5.95. The molecule has 1 atom stereocenters. The van der Waals surface area contributed by atoms with Crippen LogP contribution in [-0.4, -0.2) is 48.7 Å². The lowest BCUT2D eigenvalue weighted by molar-refractivity contribution is 0.0698. The van der Waals surface area contributed by atoms with E-state index in [1.165, 1.54) is 0 Å². The fourth-order valence-corrected chi connectivity index (χ4v) is 3.05. The number of aryl methyl sites for hydroxylation is 1. The lowest BCUT2D eigenvalue weighted by atomic mass is 10.0. The van der Waals surface area contributed by atoms with Gasteiger partial charge in [-0.05, 0) is 51.1 Å². The maximum atomic E-state index is 11.4. The number of aromatic carboxylic acids is 1. The zero-order chi connectivity index (χ0) is 15.6. The molecule has 1 aromatic carbocycles. The third-order valence-electron chi connectivity index (χ3n) is 4.31. The number of nitrogens with zero attached hydrogens (tertiary/aromatic N) is 2. The van der Waals surface area contributed by atoms with Gasteiger partial charge in [-0.15, -0.1) is 0 Å². The van der Waals surface area contributed by atoms with Crippen molar-refractivity contribution in [3.8, 4) is 0 Å². The molecular weight excluding hydrogens is 266 g/mol. The Morgan fingerprint density at radius 2 is 2.14 bits per heavy atom. The largest absolute Gasteiger partial charge is 0.478 e. The minimum atomic E-state index is -0.961. The zero-order valence-corrected chi connectivity index (χ0v) is 13.1. The SMILES string of the molecule is CCC1CN(C)CCCN1c1cc(C)c(N)c(C(=O)O)c1. The van der Waals surface area contributed by atoms with E-state index < -0.39 is 5.97 Å². The van der Waals surface area contributed by atoms with E-state index >= 15 is 0 Å². The summed E-state index contributed by atoms with van der Waals surface area (Å²) in [7, 11) is 2.14. The fourth-order valence-electron chi connectivity index (χ4n) is 3.05. The Bertz CT molecular complexity index is 530. The normalized spacial score (nSPS) is 20.3. The Morgan fingerprint density at radius 3 is 2.76 bits per heavy atom. The number of hydrogen-bond acceptors (Lipinski definition) is 4. The molecule has 0 aliphatic carbocycles. The summed E-state index contributed by atoms with van der Waals surface area (Å²) in [5.74, 6) is -0.961. The molecule has 1 aliphatic rings. The Balaban J connectivity index is 2.41. The molecular formula is C16H25N3O2. The van der Waals surface area contributed by atoms with Gasteiger partial charge in [0.15, 0.2) is 0 Å². The fraction of sp³-hybridized carbons (Fsp3) is 0.562. The van der Waals surface area contributed by atoms with Gasteiger partial charge >= 0.3 is 5.97 Å². The molecule has 1 aromatic rings. The summed E-state index contributed by atoms with van der Waals surface area (Å²) in [4.78, 5) is 16.1. The summed E-state index contributed by atoms with van der Waals surface area (Å²) in [6.07, 6.45) is 2.12. The smallest absolute Gasteiger partial charge is 0.337 e. The number of benzene rings is 1. The number of rotatable bonds is 3. The van der Waals surface area contributed by atoms with Crippen molar-refractivity contribution >= 4 is 17.3 Å². The van der Waals surface area contributed by atoms with Crippen molar-refractivity contribution in [2.24, 2.45) is 0 Å². The predicted octanol–water partition coefficient (Wildman–Crippen LogP) is 2.20. The van der Waals surface area contributed by atoms with E-state index in [9.17, 15) is 9.90 Å². The molecule has 1 saturated heterocycles. The Kier molecular flexibility index (Phi) is 4.73. The van der Waals surface area contributed by atoms with Gasteiger partial charge in [-0.3, -0.25) is 0 Å². The van der Waals surface area contributed by atoms with E-state index in [1.807, 2.05) is 13.0 Å². The Morgan fingerprint density at radius 1 is 1.43 bits per heavy atom. The molecule has 2 rings (SSSR count). The second kappa shape index (κ2) is 6.35. The van der Waals surface area contributed by atoms with Gasteiger partial charge in [-0.2, -0.15) is 0 Å². The molecule has 116 valence electrons. The van der Waals surface area contributed by atoms with Crippen LogP contribution in [0.4, 0.5) is 11.4 Å². The second-order valence-electron chi connectivity index (χ2n) is 5.90.